The van der Waals surface area contributed by atoms with Crippen LogP contribution in [0.25, 0.3) is 11.1 Å². The molecule has 0 bridgehead atoms. The Kier molecular flexibility index (Phi) is 6.05. The highest BCUT2D eigenvalue weighted by molar-refractivity contribution is 5.74. The molecule has 3 nitrogen and oxygen atoms in total. The summed E-state index contributed by atoms with van der Waals surface area (Å²) in [4.78, 5) is 11.9. The van der Waals surface area contributed by atoms with Crippen molar-refractivity contribution in [3.8, 4) is 22.6 Å². The van der Waals surface area contributed by atoms with Gasteiger partial charge in [-0.15, -0.1) is 0 Å². The van der Waals surface area contributed by atoms with E-state index in [9.17, 15) is 4.79 Å². The van der Waals surface area contributed by atoms with E-state index in [-0.39, 0.29) is 6.61 Å². The molecule has 132 valence electrons. The third-order valence-corrected chi connectivity index (χ3v) is 4.01. The van der Waals surface area contributed by atoms with Gasteiger partial charge in [0.1, 0.15) is 11.5 Å². The molecule has 0 aromatic heterocycles. The summed E-state index contributed by atoms with van der Waals surface area (Å²) in [5.74, 6) is 0.762. The highest BCUT2D eigenvalue weighted by Crippen LogP contribution is 2.22. The SMILES string of the molecule is CCCc1ccc(OC(=O)COc2ccc(-c3ccccc3)cc2)cc1. The molecule has 26 heavy (non-hydrogen) atoms. The van der Waals surface area contributed by atoms with Gasteiger partial charge in [0.15, 0.2) is 6.61 Å². The van der Waals surface area contributed by atoms with Crippen molar-refractivity contribution in [1.29, 1.82) is 0 Å². The molecule has 0 aliphatic heterocycles. The Balaban J connectivity index is 1.51. The van der Waals surface area contributed by atoms with E-state index in [0.29, 0.717) is 11.5 Å². The minimum Gasteiger partial charge on any atom is -0.482 e. The van der Waals surface area contributed by atoms with Crippen molar-refractivity contribution >= 4 is 5.97 Å². The fourth-order valence-corrected chi connectivity index (χ4v) is 2.69. The van der Waals surface area contributed by atoms with Crippen LogP contribution in [0.1, 0.15) is 18.9 Å². The Hall–Kier alpha value is -3.07. The summed E-state index contributed by atoms with van der Waals surface area (Å²) in [7, 11) is 0. The lowest BCUT2D eigenvalue weighted by Crippen LogP contribution is -2.17. The quantitative estimate of drug-likeness (QED) is 0.431. The predicted octanol–water partition coefficient (Wildman–Crippen LogP) is 5.29. The Morgan fingerprint density at radius 1 is 0.769 bits per heavy atom. The third-order valence-electron chi connectivity index (χ3n) is 4.01. The van der Waals surface area contributed by atoms with E-state index in [4.69, 9.17) is 9.47 Å². The zero-order valence-electron chi connectivity index (χ0n) is 14.9. The van der Waals surface area contributed by atoms with Crippen molar-refractivity contribution in [2.75, 3.05) is 6.61 Å². The van der Waals surface area contributed by atoms with Crippen LogP contribution in [0.15, 0.2) is 78.9 Å². The van der Waals surface area contributed by atoms with Gasteiger partial charge < -0.3 is 9.47 Å². The number of esters is 1. The summed E-state index contributed by atoms with van der Waals surface area (Å²) in [5.41, 5.74) is 3.49. The lowest BCUT2D eigenvalue weighted by Gasteiger charge is -2.08. The normalized spacial score (nSPS) is 10.3. The van der Waals surface area contributed by atoms with Gasteiger partial charge in [0.05, 0.1) is 0 Å². The standard InChI is InChI=1S/C23H22O3/c1-2-6-18-9-13-22(14-10-18)26-23(24)17-25-21-15-11-20(12-16-21)19-7-4-3-5-8-19/h3-5,7-16H,2,6,17H2,1H3. The van der Waals surface area contributed by atoms with Crippen LogP contribution in [0.4, 0.5) is 0 Å². The van der Waals surface area contributed by atoms with Crippen molar-refractivity contribution in [3.63, 3.8) is 0 Å². The molecule has 0 amide bonds. The summed E-state index contributed by atoms with van der Waals surface area (Å²) in [6, 6.07) is 25.4. The number of carbonyl (C=O) groups excluding carboxylic acids is 1. The smallest absolute Gasteiger partial charge is 0.349 e. The van der Waals surface area contributed by atoms with Crippen LogP contribution in [0.3, 0.4) is 0 Å². The number of aryl methyl sites for hydroxylation is 1. The average Bonchev–Trinajstić information content (AvgIpc) is 2.69. The van der Waals surface area contributed by atoms with E-state index in [0.717, 1.165) is 24.0 Å². The fraction of sp³-hybridized carbons (Fsp3) is 0.174. The number of rotatable bonds is 7. The van der Waals surface area contributed by atoms with E-state index < -0.39 is 5.97 Å². The lowest BCUT2D eigenvalue weighted by atomic mass is 10.1. The molecular formula is C23H22O3. The van der Waals surface area contributed by atoms with Gasteiger partial charge in [-0.1, -0.05) is 67.9 Å². The number of hydrogen-bond donors (Lipinski definition) is 0. The summed E-state index contributed by atoms with van der Waals surface area (Å²) in [6.45, 7) is 2.01. The largest absolute Gasteiger partial charge is 0.482 e. The van der Waals surface area contributed by atoms with Crippen molar-refractivity contribution in [2.24, 2.45) is 0 Å². The Morgan fingerprint density at radius 3 is 2.04 bits per heavy atom. The van der Waals surface area contributed by atoms with Gasteiger partial charge in [0.2, 0.25) is 0 Å². The molecule has 0 spiro atoms. The van der Waals surface area contributed by atoms with Crippen LogP contribution in [-0.2, 0) is 11.2 Å². The van der Waals surface area contributed by atoms with Crippen molar-refractivity contribution in [1.82, 2.24) is 0 Å². The molecule has 3 rings (SSSR count). The van der Waals surface area contributed by atoms with Crippen LogP contribution in [0, 0.1) is 0 Å². The maximum Gasteiger partial charge on any atom is 0.349 e. The van der Waals surface area contributed by atoms with E-state index in [1.165, 1.54) is 5.56 Å². The van der Waals surface area contributed by atoms with Crippen molar-refractivity contribution in [2.45, 2.75) is 19.8 Å². The molecule has 3 aromatic rings. The molecule has 0 atom stereocenters. The number of ether oxygens (including phenoxy) is 2. The van der Waals surface area contributed by atoms with E-state index >= 15 is 0 Å². The van der Waals surface area contributed by atoms with Crippen LogP contribution >= 0.6 is 0 Å². The summed E-state index contributed by atoms with van der Waals surface area (Å²) in [6.07, 6.45) is 2.12. The first-order valence-corrected chi connectivity index (χ1v) is 8.82. The number of benzene rings is 3. The summed E-state index contributed by atoms with van der Waals surface area (Å²) >= 11 is 0. The van der Waals surface area contributed by atoms with Gasteiger partial charge in [-0.25, -0.2) is 4.79 Å². The van der Waals surface area contributed by atoms with Crippen molar-refractivity contribution < 1.29 is 14.3 Å². The average molecular weight is 346 g/mol. The Bertz CT molecular complexity index is 822. The number of hydrogen-bond acceptors (Lipinski definition) is 3. The van der Waals surface area contributed by atoms with Gasteiger partial charge in [0, 0.05) is 0 Å². The van der Waals surface area contributed by atoms with Crippen LogP contribution < -0.4 is 9.47 Å². The second kappa shape index (κ2) is 8.86. The Morgan fingerprint density at radius 2 is 1.38 bits per heavy atom. The van der Waals surface area contributed by atoms with Crippen molar-refractivity contribution in [3.05, 3.63) is 84.4 Å². The maximum absolute atomic E-state index is 11.9. The van der Waals surface area contributed by atoms with Crippen LogP contribution in [-0.4, -0.2) is 12.6 Å². The maximum atomic E-state index is 11.9. The third kappa shape index (κ3) is 4.96. The molecular weight excluding hydrogens is 324 g/mol. The van der Waals surface area contributed by atoms with Crippen LogP contribution in [0.5, 0.6) is 11.5 Å². The van der Waals surface area contributed by atoms with Gasteiger partial charge in [-0.05, 0) is 47.4 Å². The van der Waals surface area contributed by atoms with E-state index in [1.54, 1.807) is 0 Å². The molecule has 0 unspecified atom stereocenters. The van der Waals surface area contributed by atoms with Gasteiger partial charge in [-0.2, -0.15) is 0 Å². The molecule has 0 N–H and O–H groups in total. The highest BCUT2D eigenvalue weighted by atomic mass is 16.6. The fourth-order valence-electron chi connectivity index (χ4n) is 2.69. The summed E-state index contributed by atoms with van der Waals surface area (Å²) in [5, 5.41) is 0. The molecule has 0 radical (unpaired) electrons. The first-order chi connectivity index (χ1) is 12.7. The zero-order valence-corrected chi connectivity index (χ0v) is 14.9. The molecule has 0 saturated carbocycles. The lowest BCUT2D eigenvalue weighted by molar-refractivity contribution is -0.136. The molecule has 0 aliphatic carbocycles. The number of carbonyl (C=O) groups is 1. The van der Waals surface area contributed by atoms with Crippen LogP contribution in [0.2, 0.25) is 0 Å². The monoisotopic (exact) mass is 346 g/mol. The van der Waals surface area contributed by atoms with E-state index in [2.05, 4.69) is 19.1 Å². The molecule has 0 aliphatic rings. The second-order valence-electron chi connectivity index (χ2n) is 6.05. The molecule has 0 saturated heterocycles. The van der Waals surface area contributed by atoms with Gasteiger partial charge in [-0.3, -0.25) is 0 Å². The molecule has 3 heteroatoms. The minimum absolute atomic E-state index is 0.124. The second-order valence-corrected chi connectivity index (χ2v) is 6.05. The molecule has 3 aromatic carbocycles. The first-order valence-electron chi connectivity index (χ1n) is 8.82. The topological polar surface area (TPSA) is 35.5 Å². The molecule has 0 heterocycles. The minimum atomic E-state index is -0.416. The Labute approximate surface area is 154 Å². The van der Waals surface area contributed by atoms with Gasteiger partial charge >= 0.3 is 5.97 Å². The first kappa shape index (κ1) is 17.7. The van der Waals surface area contributed by atoms with Gasteiger partial charge in [0.25, 0.3) is 0 Å². The van der Waals surface area contributed by atoms with E-state index in [1.807, 2.05) is 66.7 Å². The predicted molar refractivity (Wildman–Crippen MR) is 103 cm³/mol. The highest BCUT2D eigenvalue weighted by Gasteiger charge is 2.07. The zero-order chi connectivity index (χ0) is 18.2. The summed E-state index contributed by atoms with van der Waals surface area (Å²) < 4.78 is 10.8. The molecule has 0 fully saturated rings.